The van der Waals surface area contributed by atoms with Gasteiger partial charge in [-0.2, -0.15) is 0 Å². The molecule has 1 aliphatic carbocycles. The molecule has 0 fully saturated rings. The molecule has 0 aromatic heterocycles. The molecule has 0 aliphatic heterocycles. The lowest BCUT2D eigenvalue weighted by molar-refractivity contribution is 0.338. The lowest BCUT2D eigenvalue weighted by Gasteiger charge is -2.25. The minimum atomic E-state index is 0.309. The standard InChI is InChI=1S/C8H13ClN2/c1-11(2)8-4-3-6(10)5-7(8)9/h3,5,8H,4,10H2,1-2H3. The van der Waals surface area contributed by atoms with Gasteiger partial charge in [-0.05, 0) is 26.6 Å². The van der Waals surface area contributed by atoms with Gasteiger partial charge in [-0.15, -0.1) is 0 Å². The van der Waals surface area contributed by atoms with Crippen LogP contribution in [0.2, 0.25) is 0 Å². The third kappa shape index (κ3) is 1.98. The van der Waals surface area contributed by atoms with Crippen molar-refractivity contribution in [2.24, 2.45) is 5.73 Å². The average molecular weight is 173 g/mol. The van der Waals surface area contributed by atoms with Gasteiger partial charge in [0.25, 0.3) is 0 Å². The van der Waals surface area contributed by atoms with Gasteiger partial charge in [-0.3, -0.25) is 0 Å². The van der Waals surface area contributed by atoms with Crippen LogP contribution in [0, 0.1) is 0 Å². The molecule has 1 rings (SSSR count). The van der Waals surface area contributed by atoms with Crippen LogP contribution in [-0.2, 0) is 0 Å². The lowest BCUT2D eigenvalue weighted by atomic mass is 10.1. The van der Waals surface area contributed by atoms with E-state index in [1.807, 2.05) is 26.2 Å². The van der Waals surface area contributed by atoms with Crippen molar-refractivity contribution in [3.05, 3.63) is 22.9 Å². The maximum atomic E-state index is 5.97. The number of likely N-dealkylation sites (N-methyl/N-ethyl adjacent to an activating group) is 1. The van der Waals surface area contributed by atoms with E-state index in [0.717, 1.165) is 17.2 Å². The SMILES string of the molecule is CN(C)C1CC=C(N)C=C1Cl. The first-order valence-corrected chi connectivity index (χ1v) is 3.98. The average Bonchev–Trinajstić information content (AvgIpc) is 1.85. The predicted octanol–water partition coefficient (Wildman–Crippen LogP) is 1.29. The summed E-state index contributed by atoms with van der Waals surface area (Å²) in [4.78, 5) is 2.09. The lowest BCUT2D eigenvalue weighted by Crippen LogP contribution is -2.29. The Morgan fingerprint density at radius 1 is 1.64 bits per heavy atom. The summed E-state index contributed by atoms with van der Waals surface area (Å²) in [6.45, 7) is 0. The Hall–Kier alpha value is -0.470. The highest BCUT2D eigenvalue weighted by Crippen LogP contribution is 2.21. The zero-order chi connectivity index (χ0) is 8.43. The maximum absolute atomic E-state index is 5.97. The van der Waals surface area contributed by atoms with Crippen LogP contribution in [0.15, 0.2) is 22.9 Å². The van der Waals surface area contributed by atoms with Gasteiger partial charge in [-0.1, -0.05) is 17.7 Å². The van der Waals surface area contributed by atoms with Gasteiger partial charge in [0, 0.05) is 16.8 Å². The first-order chi connectivity index (χ1) is 5.11. The van der Waals surface area contributed by atoms with E-state index in [1.165, 1.54) is 0 Å². The van der Waals surface area contributed by atoms with Crippen LogP contribution in [0.25, 0.3) is 0 Å². The first-order valence-electron chi connectivity index (χ1n) is 3.60. The molecule has 0 aromatic carbocycles. The van der Waals surface area contributed by atoms with Gasteiger partial charge in [0.15, 0.2) is 0 Å². The second-order valence-corrected chi connectivity index (χ2v) is 3.38. The summed E-state index contributed by atoms with van der Waals surface area (Å²) >= 11 is 5.97. The van der Waals surface area contributed by atoms with Gasteiger partial charge < -0.3 is 10.6 Å². The highest BCUT2D eigenvalue weighted by atomic mass is 35.5. The van der Waals surface area contributed by atoms with Gasteiger partial charge in [-0.25, -0.2) is 0 Å². The number of halogens is 1. The second-order valence-electron chi connectivity index (χ2n) is 2.95. The van der Waals surface area contributed by atoms with E-state index >= 15 is 0 Å². The predicted molar refractivity (Wildman–Crippen MR) is 48.3 cm³/mol. The van der Waals surface area contributed by atoms with Crippen molar-refractivity contribution in [2.75, 3.05) is 14.1 Å². The van der Waals surface area contributed by atoms with E-state index < -0.39 is 0 Å². The molecule has 2 nitrogen and oxygen atoms in total. The van der Waals surface area contributed by atoms with E-state index in [-0.39, 0.29) is 0 Å². The molecule has 1 aliphatic rings. The number of rotatable bonds is 1. The zero-order valence-electron chi connectivity index (χ0n) is 6.84. The van der Waals surface area contributed by atoms with Gasteiger partial charge in [0.05, 0.1) is 0 Å². The van der Waals surface area contributed by atoms with Crippen molar-refractivity contribution in [3.63, 3.8) is 0 Å². The van der Waals surface area contributed by atoms with Crippen LogP contribution < -0.4 is 5.73 Å². The molecule has 0 amide bonds. The van der Waals surface area contributed by atoms with E-state index in [1.54, 1.807) is 0 Å². The number of hydrogen-bond acceptors (Lipinski definition) is 2. The highest BCUT2D eigenvalue weighted by Gasteiger charge is 2.16. The fourth-order valence-corrected chi connectivity index (χ4v) is 1.54. The van der Waals surface area contributed by atoms with Crippen LogP contribution in [0.4, 0.5) is 0 Å². The first kappa shape index (κ1) is 8.62. The van der Waals surface area contributed by atoms with Gasteiger partial charge in [0.1, 0.15) is 0 Å². The van der Waals surface area contributed by atoms with Gasteiger partial charge >= 0.3 is 0 Å². The van der Waals surface area contributed by atoms with Crippen molar-refractivity contribution < 1.29 is 0 Å². The molecule has 62 valence electrons. The summed E-state index contributed by atoms with van der Waals surface area (Å²) < 4.78 is 0. The fourth-order valence-electron chi connectivity index (χ4n) is 1.13. The fraction of sp³-hybridized carbons (Fsp3) is 0.500. The topological polar surface area (TPSA) is 29.3 Å². The molecule has 3 heteroatoms. The smallest absolute Gasteiger partial charge is 0.0485 e. The van der Waals surface area contributed by atoms with Crippen LogP contribution in [-0.4, -0.2) is 25.0 Å². The number of allylic oxidation sites excluding steroid dienone is 1. The molecule has 0 aromatic rings. The summed E-state index contributed by atoms with van der Waals surface area (Å²) in [5.41, 5.74) is 6.34. The summed E-state index contributed by atoms with van der Waals surface area (Å²) in [6.07, 6.45) is 4.72. The number of nitrogens with two attached hydrogens (primary N) is 1. The number of nitrogens with zero attached hydrogens (tertiary/aromatic N) is 1. The Morgan fingerprint density at radius 3 is 2.73 bits per heavy atom. The van der Waals surface area contributed by atoms with Crippen molar-refractivity contribution >= 4 is 11.6 Å². The summed E-state index contributed by atoms with van der Waals surface area (Å²) in [6, 6.07) is 0.309. The molecular weight excluding hydrogens is 160 g/mol. The monoisotopic (exact) mass is 172 g/mol. The molecule has 0 radical (unpaired) electrons. The third-order valence-electron chi connectivity index (χ3n) is 1.82. The van der Waals surface area contributed by atoms with E-state index in [9.17, 15) is 0 Å². The van der Waals surface area contributed by atoms with Gasteiger partial charge in [0.2, 0.25) is 0 Å². The van der Waals surface area contributed by atoms with Crippen molar-refractivity contribution in [1.82, 2.24) is 4.90 Å². The van der Waals surface area contributed by atoms with Crippen LogP contribution in [0.1, 0.15) is 6.42 Å². The van der Waals surface area contributed by atoms with E-state index in [4.69, 9.17) is 17.3 Å². The molecule has 1 unspecified atom stereocenters. The molecule has 0 saturated heterocycles. The number of hydrogen-bond donors (Lipinski definition) is 1. The molecule has 0 saturated carbocycles. The summed E-state index contributed by atoms with van der Waals surface area (Å²) in [5, 5.41) is 0.829. The van der Waals surface area contributed by atoms with Crippen LogP contribution in [0.3, 0.4) is 0 Å². The van der Waals surface area contributed by atoms with Crippen LogP contribution in [0.5, 0.6) is 0 Å². The Kier molecular flexibility index (Phi) is 2.58. The largest absolute Gasteiger partial charge is 0.399 e. The maximum Gasteiger partial charge on any atom is 0.0485 e. The quantitative estimate of drug-likeness (QED) is 0.646. The van der Waals surface area contributed by atoms with E-state index in [0.29, 0.717) is 6.04 Å². The van der Waals surface area contributed by atoms with E-state index in [2.05, 4.69) is 4.90 Å². The zero-order valence-corrected chi connectivity index (χ0v) is 7.60. The molecule has 11 heavy (non-hydrogen) atoms. The minimum Gasteiger partial charge on any atom is -0.399 e. The second kappa shape index (κ2) is 3.28. The molecule has 0 bridgehead atoms. The highest BCUT2D eigenvalue weighted by molar-refractivity contribution is 6.30. The minimum absolute atomic E-state index is 0.309. The van der Waals surface area contributed by atoms with Crippen molar-refractivity contribution in [1.29, 1.82) is 0 Å². The summed E-state index contributed by atoms with van der Waals surface area (Å²) in [5.74, 6) is 0. The Balaban J connectivity index is 2.72. The Labute approximate surface area is 72.3 Å². The molecule has 2 N–H and O–H groups in total. The van der Waals surface area contributed by atoms with Crippen molar-refractivity contribution in [3.8, 4) is 0 Å². The van der Waals surface area contributed by atoms with Crippen molar-refractivity contribution in [2.45, 2.75) is 12.5 Å². The van der Waals surface area contributed by atoms with Crippen LogP contribution >= 0.6 is 11.6 Å². The molecule has 1 atom stereocenters. The Morgan fingerprint density at radius 2 is 2.27 bits per heavy atom. The Bertz CT molecular complexity index is 206. The molecule has 0 heterocycles. The summed E-state index contributed by atoms with van der Waals surface area (Å²) in [7, 11) is 4.02. The molecule has 0 spiro atoms. The normalized spacial score (nSPS) is 24.9. The molecular formula is C8H13ClN2. The third-order valence-corrected chi connectivity index (χ3v) is 2.18.